The van der Waals surface area contributed by atoms with Crippen molar-refractivity contribution in [3.8, 4) is 0 Å². The number of hydrogen-bond acceptors (Lipinski definition) is 2. The van der Waals surface area contributed by atoms with Gasteiger partial charge in [0.25, 0.3) is 0 Å². The molecule has 0 amide bonds. The number of halogens is 1. The zero-order valence-electron chi connectivity index (χ0n) is 12.2. The largest absolute Gasteiger partial charge is 0.346 e. The van der Waals surface area contributed by atoms with Crippen LogP contribution < -0.4 is 5.32 Å². The topological polar surface area (TPSA) is 20.2 Å². The number of likely N-dealkylation sites (N-methyl/N-ethyl adjacent to an activating group) is 1. The Morgan fingerprint density at radius 2 is 2.15 bits per heavy atom. The molecule has 108 valence electrons. The maximum Gasteiger partial charge on any atom is 0.0499 e. The second kappa shape index (κ2) is 5.76. The number of benzene rings is 1. The Bertz CT molecular complexity index is 599. The van der Waals surface area contributed by atoms with Gasteiger partial charge in [0.15, 0.2) is 0 Å². The van der Waals surface area contributed by atoms with Crippen LogP contribution in [0.2, 0.25) is 5.02 Å². The molecule has 1 aromatic carbocycles. The van der Waals surface area contributed by atoms with E-state index in [2.05, 4.69) is 47.2 Å². The molecule has 3 rings (SSSR count). The summed E-state index contributed by atoms with van der Waals surface area (Å²) in [6, 6.07) is 6.95. The molecule has 1 fully saturated rings. The van der Waals surface area contributed by atoms with Crippen molar-refractivity contribution in [1.29, 1.82) is 0 Å². The van der Waals surface area contributed by atoms with Gasteiger partial charge in [0.1, 0.15) is 0 Å². The van der Waals surface area contributed by atoms with Crippen LogP contribution in [0.4, 0.5) is 0 Å². The van der Waals surface area contributed by atoms with Crippen molar-refractivity contribution in [2.24, 2.45) is 0 Å². The van der Waals surface area contributed by atoms with Gasteiger partial charge in [0, 0.05) is 47.8 Å². The molecule has 1 aromatic heterocycles. The Hall–Kier alpha value is -1.03. The van der Waals surface area contributed by atoms with Crippen molar-refractivity contribution in [1.82, 2.24) is 14.8 Å². The summed E-state index contributed by atoms with van der Waals surface area (Å²) in [5, 5.41) is 5.73. The second-order valence-electron chi connectivity index (χ2n) is 5.97. The maximum atomic E-state index is 6.16. The summed E-state index contributed by atoms with van der Waals surface area (Å²) in [5.41, 5.74) is 2.62. The van der Waals surface area contributed by atoms with Gasteiger partial charge in [-0.05, 0) is 44.6 Å². The molecule has 1 aliphatic rings. The van der Waals surface area contributed by atoms with Gasteiger partial charge < -0.3 is 14.8 Å². The van der Waals surface area contributed by atoms with Crippen molar-refractivity contribution >= 4 is 22.5 Å². The van der Waals surface area contributed by atoms with E-state index in [1.165, 1.54) is 29.3 Å². The van der Waals surface area contributed by atoms with Gasteiger partial charge in [-0.2, -0.15) is 0 Å². The highest BCUT2D eigenvalue weighted by atomic mass is 35.5. The van der Waals surface area contributed by atoms with Crippen LogP contribution in [0.1, 0.15) is 18.4 Å². The minimum atomic E-state index is 0.738. The van der Waals surface area contributed by atoms with Gasteiger partial charge >= 0.3 is 0 Å². The Kier molecular flexibility index (Phi) is 4.01. The summed E-state index contributed by atoms with van der Waals surface area (Å²) in [4.78, 5) is 2.21. The highest BCUT2D eigenvalue weighted by Crippen LogP contribution is 2.26. The van der Waals surface area contributed by atoms with Crippen LogP contribution in [-0.2, 0) is 13.1 Å². The Labute approximate surface area is 125 Å². The molecule has 1 saturated carbocycles. The summed E-state index contributed by atoms with van der Waals surface area (Å²) in [7, 11) is 4.21. The summed E-state index contributed by atoms with van der Waals surface area (Å²) < 4.78 is 2.32. The number of nitrogens with zero attached hydrogens (tertiary/aromatic N) is 2. The van der Waals surface area contributed by atoms with Crippen LogP contribution in [0.3, 0.4) is 0 Å². The fraction of sp³-hybridized carbons (Fsp3) is 0.500. The van der Waals surface area contributed by atoms with Crippen molar-refractivity contribution in [3.63, 3.8) is 0 Å². The van der Waals surface area contributed by atoms with Gasteiger partial charge in [-0.3, -0.25) is 0 Å². The Balaban J connectivity index is 1.88. The molecule has 0 atom stereocenters. The predicted octanol–water partition coefficient (Wildman–Crippen LogP) is 3.11. The molecule has 0 spiro atoms. The molecule has 1 aliphatic carbocycles. The lowest BCUT2D eigenvalue weighted by Crippen LogP contribution is -2.18. The molecule has 20 heavy (non-hydrogen) atoms. The van der Waals surface area contributed by atoms with E-state index < -0.39 is 0 Å². The fourth-order valence-electron chi connectivity index (χ4n) is 2.52. The SMILES string of the molecule is CN(C)CCn1cc(CNC2CC2)c2ccc(Cl)cc21. The van der Waals surface area contributed by atoms with Crippen molar-refractivity contribution < 1.29 is 0 Å². The van der Waals surface area contributed by atoms with E-state index in [9.17, 15) is 0 Å². The third-order valence-electron chi connectivity index (χ3n) is 3.87. The summed E-state index contributed by atoms with van der Waals surface area (Å²) in [6.45, 7) is 2.98. The maximum absolute atomic E-state index is 6.16. The molecular formula is C16H22ClN3. The molecule has 0 saturated heterocycles. The Morgan fingerprint density at radius 1 is 1.35 bits per heavy atom. The van der Waals surface area contributed by atoms with Crippen LogP contribution in [0, 0.1) is 0 Å². The van der Waals surface area contributed by atoms with E-state index in [1.807, 2.05) is 6.07 Å². The minimum absolute atomic E-state index is 0.738. The number of nitrogens with one attached hydrogen (secondary N) is 1. The highest BCUT2D eigenvalue weighted by Gasteiger charge is 2.20. The molecule has 4 heteroatoms. The van der Waals surface area contributed by atoms with Gasteiger partial charge in [-0.25, -0.2) is 0 Å². The zero-order chi connectivity index (χ0) is 14.1. The lowest BCUT2D eigenvalue weighted by Gasteiger charge is -2.11. The first kappa shape index (κ1) is 13.9. The molecule has 2 aromatic rings. The molecule has 1 N–H and O–H groups in total. The molecule has 0 bridgehead atoms. The Morgan fingerprint density at radius 3 is 2.85 bits per heavy atom. The molecule has 1 heterocycles. The lowest BCUT2D eigenvalue weighted by atomic mass is 10.2. The molecule has 0 unspecified atom stereocenters. The molecule has 0 aliphatic heterocycles. The monoisotopic (exact) mass is 291 g/mol. The van der Waals surface area contributed by atoms with Gasteiger partial charge in [0.2, 0.25) is 0 Å². The van der Waals surface area contributed by atoms with Crippen molar-refractivity contribution in [2.45, 2.75) is 32.0 Å². The first-order valence-electron chi connectivity index (χ1n) is 7.29. The lowest BCUT2D eigenvalue weighted by molar-refractivity contribution is 0.386. The first-order chi connectivity index (χ1) is 9.63. The van der Waals surface area contributed by atoms with Crippen LogP contribution in [0.25, 0.3) is 10.9 Å². The standard InChI is InChI=1S/C16H22ClN3/c1-19(2)7-8-20-11-12(10-18-14-4-5-14)15-6-3-13(17)9-16(15)20/h3,6,9,11,14,18H,4-5,7-8,10H2,1-2H3. The average Bonchev–Trinajstić information content (AvgIpc) is 3.17. The normalized spacial score (nSPS) is 15.4. The van der Waals surface area contributed by atoms with Crippen LogP contribution in [-0.4, -0.2) is 36.1 Å². The zero-order valence-corrected chi connectivity index (χ0v) is 13.0. The smallest absolute Gasteiger partial charge is 0.0499 e. The second-order valence-corrected chi connectivity index (χ2v) is 6.40. The summed E-state index contributed by atoms with van der Waals surface area (Å²) in [6.07, 6.45) is 4.93. The third-order valence-corrected chi connectivity index (χ3v) is 4.11. The molecule has 0 radical (unpaired) electrons. The van der Waals surface area contributed by atoms with Crippen LogP contribution >= 0.6 is 11.6 Å². The molecular weight excluding hydrogens is 270 g/mol. The van der Waals surface area contributed by atoms with Gasteiger partial charge in [-0.15, -0.1) is 0 Å². The number of aromatic nitrogens is 1. The third kappa shape index (κ3) is 3.17. The van der Waals surface area contributed by atoms with Crippen molar-refractivity contribution in [3.05, 3.63) is 35.0 Å². The summed E-state index contributed by atoms with van der Waals surface area (Å²) in [5.74, 6) is 0. The number of rotatable bonds is 6. The van der Waals surface area contributed by atoms with E-state index in [0.29, 0.717) is 0 Å². The van der Waals surface area contributed by atoms with Crippen LogP contribution in [0.15, 0.2) is 24.4 Å². The van der Waals surface area contributed by atoms with E-state index in [-0.39, 0.29) is 0 Å². The average molecular weight is 292 g/mol. The van der Waals surface area contributed by atoms with Crippen LogP contribution in [0.5, 0.6) is 0 Å². The molecule has 3 nitrogen and oxygen atoms in total. The fourth-order valence-corrected chi connectivity index (χ4v) is 2.68. The van der Waals surface area contributed by atoms with E-state index in [1.54, 1.807) is 0 Å². The minimum Gasteiger partial charge on any atom is -0.346 e. The predicted molar refractivity (Wildman–Crippen MR) is 85.4 cm³/mol. The van der Waals surface area contributed by atoms with Gasteiger partial charge in [0.05, 0.1) is 0 Å². The van der Waals surface area contributed by atoms with E-state index in [0.717, 1.165) is 30.7 Å². The van der Waals surface area contributed by atoms with Crippen molar-refractivity contribution in [2.75, 3.05) is 20.6 Å². The van der Waals surface area contributed by atoms with E-state index in [4.69, 9.17) is 11.6 Å². The van der Waals surface area contributed by atoms with E-state index >= 15 is 0 Å². The first-order valence-corrected chi connectivity index (χ1v) is 7.66. The van der Waals surface area contributed by atoms with Gasteiger partial charge in [-0.1, -0.05) is 17.7 Å². The quantitative estimate of drug-likeness (QED) is 0.882. The highest BCUT2D eigenvalue weighted by molar-refractivity contribution is 6.31. The number of hydrogen-bond donors (Lipinski definition) is 1. The summed E-state index contributed by atoms with van der Waals surface area (Å²) >= 11 is 6.16. The number of fused-ring (bicyclic) bond motifs is 1.